The molecule has 2 aliphatic rings. The summed E-state index contributed by atoms with van der Waals surface area (Å²) >= 11 is 0. The Morgan fingerprint density at radius 1 is 1.39 bits per heavy atom. The molecule has 1 saturated carbocycles. The second-order valence-corrected chi connectivity index (χ2v) is 6.40. The molecule has 1 aromatic heterocycles. The number of aromatic nitrogens is 2. The van der Waals surface area contributed by atoms with Crippen molar-refractivity contribution < 1.29 is 4.52 Å². The van der Waals surface area contributed by atoms with E-state index in [0.717, 1.165) is 25.1 Å². The van der Waals surface area contributed by atoms with Crippen LogP contribution in [0.15, 0.2) is 9.52 Å². The lowest BCUT2D eigenvalue weighted by Crippen LogP contribution is -2.47. The Kier molecular flexibility index (Phi) is 6.63. The van der Waals surface area contributed by atoms with Crippen LogP contribution in [0.3, 0.4) is 0 Å². The summed E-state index contributed by atoms with van der Waals surface area (Å²) in [6, 6.07) is 1.31. The van der Waals surface area contributed by atoms with E-state index in [1.165, 1.54) is 19.4 Å². The highest BCUT2D eigenvalue weighted by atomic mass is 127. The van der Waals surface area contributed by atoms with E-state index in [2.05, 4.69) is 37.6 Å². The molecule has 7 nitrogen and oxygen atoms in total. The first kappa shape index (κ1) is 18.4. The first-order valence-corrected chi connectivity index (χ1v) is 8.16. The molecule has 1 saturated heterocycles. The van der Waals surface area contributed by atoms with Crippen LogP contribution >= 0.6 is 24.0 Å². The van der Waals surface area contributed by atoms with Crippen molar-refractivity contribution in [3.63, 3.8) is 0 Å². The van der Waals surface area contributed by atoms with Gasteiger partial charge in [-0.05, 0) is 25.7 Å². The maximum Gasteiger partial charge on any atom is 0.228 e. The second kappa shape index (κ2) is 8.27. The van der Waals surface area contributed by atoms with Gasteiger partial charge >= 0.3 is 0 Å². The van der Waals surface area contributed by atoms with Gasteiger partial charge in [0.05, 0.1) is 0 Å². The maximum atomic E-state index is 5.11. The fourth-order valence-electron chi connectivity index (χ4n) is 3.03. The molecule has 130 valence electrons. The van der Waals surface area contributed by atoms with E-state index in [4.69, 9.17) is 4.52 Å². The van der Waals surface area contributed by atoms with Crippen LogP contribution < -0.4 is 10.6 Å². The highest BCUT2D eigenvalue weighted by Crippen LogP contribution is 2.31. The van der Waals surface area contributed by atoms with Gasteiger partial charge in [-0.25, -0.2) is 0 Å². The molecular weight excluding hydrogens is 407 g/mol. The Morgan fingerprint density at radius 3 is 2.78 bits per heavy atom. The molecule has 3 rings (SSSR count). The SMILES string of the molecule is CN=C(NCCc1nc(C)no1)NC1CN(C2CC2)CC1C.I. The molecule has 0 spiro atoms. The number of nitrogens with zero attached hydrogens (tertiary/aromatic N) is 4. The van der Waals surface area contributed by atoms with Crippen LogP contribution in [0, 0.1) is 12.8 Å². The first-order chi connectivity index (χ1) is 10.7. The van der Waals surface area contributed by atoms with Gasteiger partial charge in [0.15, 0.2) is 11.8 Å². The lowest BCUT2D eigenvalue weighted by molar-refractivity contribution is 0.315. The van der Waals surface area contributed by atoms with Crippen LogP contribution in [0.1, 0.15) is 31.5 Å². The van der Waals surface area contributed by atoms with Crippen LogP contribution in [-0.4, -0.2) is 59.8 Å². The molecule has 0 aromatic carbocycles. The van der Waals surface area contributed by atoms with Gasteiger partial charge in [-0.15, -0.1) is 24.0 Å². The van der Waals surface area contributed by atoms with Crippen molar-refractivity contribution in [2.45, 2.75) is 45.2 Å². The number of nitrogens with one attached hydrogen (secondary N) is 2. The number of aliphatic imine (C=N–C) groups is 1. The minimum atomic E-state index is 0. The number of aryl methyl sites for hydroxylation is 1. The Morgan fingerprint density at radius 2 is 2.17 bits per heavy atom. The third kappa shape index (κ3) is 5.03. The topological polar surface area (TPSA) is 78.6 Å². The van der Waals surface area contributed by atoms with Crippen molar-refractivity contribution in [3.05, 3.63) is 11.7 Å². The molecule has 0 bridgehead atoms. The van der Waals surface area contributed by atoms with Crippen molar-refractivity contribution in [2.75, 3.05) is 26.7 Å². The predicted molar refractivity (Wildman–Crippen MR) is 100 cm³/mol. The van der Waals surface area contributed by atoms with Gasteiger partial charge in [-0.3, -0.25) is 9.89 Å². The van der Waals surface area contributed by atoms with E-state index in [1.54, 1.807) is 0 Å². The van der Waals surface area contributed by atoms with Crippen LogP contribution in [0.2, 0.25) is 0 Å². The molecule has 2 N–H and O–H groups in total. The smallest absolute Gasteiger partial charge is 0.228 e. The third-order valence-corrected chi connectivity index (χ3v) is 4.45. The highest BCUT2D eigenvalue weighted by molar-refractivity contribution is 14.0. The molecule has 2 unspecified atom stereocenters. The molecule has 1 aliphatic heterocycles. The van der Waals surface area contributed by atoms with Gasteiger partial charge in [0, 0.05) is 45.2 Å². The van der Waals surface area contributed by atoms with Crippen LogP contribution in [0.4, 0.5) is 0 Å². The van der Waals surface area contributed by atoms with E-state index >= 15 is 0 Å². The minimum absolute atomic E-state index is 0. The van der Waals surface area contributed by atoms with Gasteiger partial charge < -0.3 is 15.2 Å². The molecule has 2 atom stereocenters. The summed E-state index contributed by atoms with van der Waals surface area (Å²) in [5.41, 5.74) is 0. The standard InChI is InChI=1S/C15H26N6O.HI/c1-10-8-21(12-4-5-12)9-13(10)19-15(16-3)17-7-6-14-18-11(2)20-22-14;/h10,12-13H,4-9H2,1-3H3,(H2,16,17,19);1H. The number of hydrogen-bond acceptors (Lipinski definition) is 5. The van der Waals surface area contributed by atoms with Crippen LogP contribution in [0.5, 0.6) is 0 Å². The summed E-state index contributed by atoms with van der Waals surface area (Å²) < 4.78 is 5.11. The molecule has 0 amide bonds. The zero-order valence-corrected chi connectivity index (χ0v) is 16.4. The zero-order chi connectivity index (χ0) is 15.5. The first-order valence-electron chi connectivity index (χ1n) is 8.16. The molecule has 8 heteroatoms. The van der Waals surface area contributed by atoms with Gasteiger partial charge in [0.25, 0.3) is 0 Å². The number of rotatable bonds is 5. The van der Waals surface area contributed by atoms with Crippen molar-refractivity contribution in [3.8, 4) is 0 Å². The maximum absolute atomic E-state index is 5.11. The molecular formula is C15H27IN6O. The van der Waals surface area contributed by atoms with Crippen molar-refractivity contribution in [1.82, 2.24) is 25.7 Å². The summed E-state index contributed by atoms with van der Waals surface area (Å²) in [7, 11) is 1.81. The van der Waals surface area contributed by atoms with Crippen molar-refractivity contribution in [2.24, 2.45) is 10.9 Å². The van der Waals surface area contributed by atoms with Gasteiger partial charge in [-0.2, -0.15) is 4.98 Å². The molecule has 2 heterocycles. The van der Waals surface area contributed by atoms with E-state index in [-0.39, 0.29) is 24.0 Å². The lowest BCUT2D eigenvalue weighted by atomic mass is 10.1. The summed E-state index contributed by atoms with van der Waals surface area (Å²) in [5, 5.41) is 10.7. The number of halogens is 1. The summed E-state index contributed by atoms with van der Waals surface area (Å²) in [6.07, 6.45) is 3.45. The normalized spacial score (nSPS) is 25.3. The summed E-state index contributed by atoms with van der Waals surface area (Å²) in [5.74, 6) is 2.84. The molecule has 0 radical (unpaired) electrons. The van der Waals surface area contributed by atoms with E-state index in [9.17, 15) is 0 Å². The monoisotopic (exact) mass is 434 g/mol. The quantitative estimate of drug-likeness (QED) is 0.412. The van der Waals surface area contributed by atoms with Gasteiger partial charge in [-0.1, -0.05) is 12.1 Å². The molecule has 1 aromatic rings. The minimum Gasteiger partial charge on any atom is -0.356 e. The Hall–Kier alpha value is -0.900. The average molecular weight is 434 g/mol. The lowest BCUT2D eigenvalue weighted by Gasteiger charge is -2.20. The summed E-state index contributed by atoms with van der Waals surface area (Å²) in [4.78, 5) is 11.1. The van der Waals surface area contributed by atoms with E-state index in [0.29, 0.717) is 30.1 Å². The number of guanidine groups is 1. The molecule has 23 heavy (non-hydrogen) atoms. The Bertz CT molecular complexity index is 530. The third-order valence-electron chi connectivity index (χ3n) is 4.45. The Labute approximate surface area is 154 Å². The zero-order valence-electron chi connectivity index (χ0n) is 14.1. The fraction of sp³-hybridized carbons (Fsp3) is 0.800. The van der Waals surface area contributed by atoms with Gasteiger partial charge in [0.1, 0.15) is 0 Å². The largest absolute Gasteiger partial charge is 0.356 e. The van der Waals surface area contributed by atoms with Crippen LogP contribution in [0.25, 0.3) is 0 Å². The molecule has 2 fully saturated rings. The number of likely N-dealkylation sites (tertiary alicyclic amines) is 1. The van der Waals surface area contributed by atoms with E-state index < -0.39 is 0 Å². The Balaban J connectivity index is 0.00000192. The fourth-order valence-corrected chi connectivity index (χ4v) is 3.03. The average Bonchev–Trinajstić information content (AvgIpc) is 3.18. The highest BCUT2D eigenvalue weighted by Gasteiger charge is 2.38. The van der Waals surface area contributed by atoms with Crippen LogP contribution in [-0.2, 0) is 6.42 Å². The van der Waals surface area contributed by atoms with Gasteiger partial charge in [0.2, 0.25) is 5.89 Å². The van der Waals surface area contributed by atoms with Crippen molar-refractivity contribution in [1.29, 1.82) is 0 Å². The summed E-state index contributed by atoms with van der Waals surface area (Å²) in [6.45, 7) is 7.19. The molecule has 1 aliphatic carbocycles. The second-order valence-electron chi connectivity index (χ2n) is 6.40. The predicted octanol–water partition coefficient (Wildman–Crippen LogP) is 1.19. The van der Waals surface area contributed by atoms with E-state index in [1.807, 2.05) is 14.0 Å². The number of hydrogen-bond donors (Lipinski definition) is 2. The van der Waals surface area contributed by atoms with Crippen molar-refractivity contribution >= 4 is 29.9 Å².